The number of hydrogen-bond acceptors (Lipinski definition) is 4. The average Bonchev–Trinajstić information content (AvgIpc) is 2.68. The Bertz CT molecular complexity index is 790. The molecule has 0 aliphatic rings. The fraction of sp³-hybridized carbons (Fsp3) is 0.143. The van der Waals surface area contributed by atoms with E-state index in [1.807, 2.05) is 42.5 Å². The van der Waals surface area contributed by atoms with Crippen molar-refractivity contribution in [1.29, 1.82) is 0 Å². The molecule has 3 rings (SSSR count). The van der Waals surface area contributed by atoms with E-state index in [1.165, 1.54) is 6.33 Å². The van der Waals surface area contributed by atoms with Crippen molar-refractivity contribution < 1.29 is 9.84 Å². The summed E-state index contributed by atoms with van der Waals surface area (Å²) >= 11 is 0. The number of aromatic nitrogens is 2. The normalized spacial score (nSPS) is 11.2. The SMILES string of the molecule is C=CCOCC=C.OC(c1cncnc1)c1cccc2ccccc12. The lowest BCUT2D eigenvalue weighted by Crippen LogP contribution is -2.01. The standard InChI is InChI=1S/C15H12N2O.C6H10O/c18-15(12-8-16-10-17-9-12)14-7-3-5-11-4-1-2-6-13(11)14;1-3-5-7-6-4-2/h1-10,15,18H;3-4H,1-2,5-6H2. The second-order valence-electron chi connectivity index (χ2n) is 5.26. The summed E-state index contributed by atoms with van der Waals surface area (Å²) in [5.41, 5.74) is 1.58. The molecule has 0 bridgehead atoms. The lowest BCUT2D eigenvalue weighted by atomic mass is 9.97. The van der Waals surface area contributed by atoms with Crippen LogP contribution in [-0.2, 0) is 4.74 Å². The van der Waals surface area contributed by atoms with E-state index in [9.17, 15) is 5.11 Å². The molecular formula is C21H22N2O2. The predicted octanol–water partition coefficient (Wildman–Crippen LogP) is 4.09. The Balaban J connectivity index is 0.000000277. The summed E-state index contributed by atoms with van der Waals surface area (Å²) in [4.78, 5) is 7.88. The molecule has 1 aromatic heterocycles. The second-order valence-corrected chi connectivity index (χ2v) is 5.26. The minimum absolute atomic E-state index is 0.617. The van der Waals surface area contributed by atoms with Gasteiger partial charge in [0, 0.05) is 18.0 Å². The molecule has 0 aliphatic carbocycles. The zero-order chi connectivity index (χ0) is 17.9. The highest BCUT2D eigenvalue weighted by molar-refractivity contribution is 5.86. The van der Waals surface area contributed by atoms with E-state index in [2.05, 4.69) is 23.1 Å². The molecule has 4 heteroatoms. The maximum atomic E-state index is 10.4. The summed E-state index contributed by atoms with van der Waals surface area (Å²) in [5, 5.41) is 12.6. The molecule has 1 heterocycles. The van der Waals surface area contributed by atoms with E-state index >= 15 is 0 Å². The summed E-state index contributed by atoms with van der Waals surface area (Å²) in [6, 6.07) is 13.9. The van der Waals surface area contributed by atoms with Crippen LogP contribution in [0.4, 0.5) is 0 Å². The van der Waals surface area contributed by atoms with Gasteiger partial charge >= 0.3 is 0 Å². The van der Waals surface area contributed by atoms with Gasteiger partial charge in [0.2, 0.25) is 0 Å². The molecule has 0 spiro atoms. The quantitative estimate of drug-likeness (QED) is 0.545. The number of fused-ring (bicyclic) bond motifs is 1. The van der Waals surface area contributed by atoms with Gasteiger partial charge in [-0.3, -0.25) is 0 Å². The molecule has 4 nitrogen and oxygen atoms in total. The fourth-order valence-electron chi connectivity index (χ4n) is 2.35. The van der Waals surface area contributed by atoms with Gasteiger partial charge in [0.15, 0.2) is 0 Å². The molecule has 25 heavy (non-hydrogen) atoms. The lowest BCUT2D eigenvalue weighted by molar-refractivity contribution is 0.194. The van der Waals surface area contributed by atoms with Gasteiger partial charge in [-0.2, -0.15) is 0 Å². The van der Waals surface area contributed by atoms with Crippen LogP contribution in [-0.4, -0.2) is 28.3 Å². The summed E-state index contributed by atoms with van der Waals surface area (Å²) < 4.78 is 4.90. The maximum Gasteiger partial charge on any atom is 0.115 e. The van der Waals surface area contributed by atoms with Crippen molar-refractivity contribution in [3.05, 3.63) is 97.6 Å². The van der Waals surface area contributed by atoms with E-state index in [0.717, 1.165) is 16.3 Å². The topological polar surface area (TPSA) is 55.2 Å². The van der Waals surface area contributed by atoms with Crippen LogP contribution in [0.2, 0.25) is 0 Å². The molecule has 128 valence electrons. The Hall–Kier alpha value is -2.82. The number of nitrogens with zero attached hydrogens (tertiary/aromatic N) is 2. The number of hydrogen-bond donors (Lipinski definition) is 1. The van der Waals surface area contributed by atoms with Crippen LogP contribution in [0.1, 0.15) is 17.2 Å². The van der Waals surface area contributed by atoms with E-state index in [4.69, 9.17) is 4.74 Å². The molecule has 1 unspecified atom stereocenters. The first-order chi connectivity index (χ1) is 12.3. The van der Waals surface area contributed by atoms with Gasteiger partial charge in [0.25, 0.3) is 0 Å². The predicted molar refractivity (Wildman–Crippen MR) is 101 cm³/mol. The number of aliphatic hydroxyl groups excluding tert-OH is 1. The van der Waals surface area contributed by atoms with E-state index in [0.29, 0.717) is 18.8 Å². The molecule has 0 fully saturated rings. The van der Waals surface area contributed by atoms with Gasteiger partial charge in [0.05, 0.1) is 13.2 Å². The Morgan fingerprint density at radius 3 is 2.28 bits per heavy atom. The third-order valence-electron chi connectivity index (χ3n) is 3.49. The van der Waals surface area contributed by atoms with Crippen LogP contribution in [0.25, 0.3) is 10.8 Å². The zero-order valence-electron chi connectivity index (χ0n) is 14.1. The largest absolute Gasteiger partial charge is 0.384 e. The first-order valence-electron chi connectivity index (χ1n) is 7.98. The Labute approximate surface area is 148 Å². The number of benzene rings is 2. The highest BCUT2D eigenvalue weighted by Crippen LogP contribution is 2.27. The molecule has 0 amide bonds. The molecule has 0 aliphatic heterocycles. The van der Waals surface area contributed by atoms with Crippen LogP contribution < -0.4 is 0 Å². The van der Waals surface area contributed by atoms with Crippen molar-refractivity contribution in [2.75, 3.05) is 13.2 Å². The van der Waals surface area contributed by atoms with Gasteiger partial charge in [0.1, 0.15) is 12.4 Å². The minimum Gasteiger partial charge on any atom is -0.384 e. The van der Waals surface area contributed by atoms with Crippen LogP contribution in [0.15, 0.2) is 86.5 Å². The summed E-state index contributed by atoms with van der Waals surface area (Å²) in [6.07, 6.45) is 7.46. The third kappa shape index (κ3) is 5.35. The lowest BCUT2D eigenvalue weighted by Gasteiger charge is -2.13. The molecule has 3 aromatic rings. The van der Waals surface area contributed by atoms with E-state index in [-0.39, 0.29) is 0 Å². The van der Waals surface area contributed by atoms with Crippen molar-refractivity contribution in [3.8, 4) is 0 Å². The monoisotopic (exact) mass is 334 g/mol. The second kappa shape index (κ2) is 10.1. The number of aliphatic hydroxyl groups is 1. The molecule has 0 saturated carbocycles. The summed E-state index contributed by atoms with van der Waals surface area (Å²) in [5.74, 6) is 0. The van der Waals surface area contributed by atoms with Crippen molar-refractivity contribution >= 4 is 10.8 Å². The van der Waals surface area contributed by atoms with E-state index in [1.54, 1.807) is 24.5 Å². The Kier molecular flexibility index (Phi) is 7.50. The summed E-state index contributed by atoms with van der Waals surface area (Å²) in [6.45, 7) is 8.18. The molecular weight excluding hydrogens is 312 g/mol. The van der Waals surface area contributed by atoms with Crippen molar-refractivity contribution in [3.63, 3.8) is 0 Å². The maximum absolute atomic E-state index is 10.4. The van der Waals surface area contributed by atoms with Crippen LogP contribution >= 0.6 is 0 Å². The van der Waals surface area contributed by atoms with Gasteiger partial charge in [-0.05, 0) is 16.3 Å². The van der Waals surface area contributed by atoms with Crippen LogP contribution in [0.3, 0.4) is 0 Å². The van der Waals surface area contributed by atoms with Crippen molar-refractivity contribution in [1.82, 2.24) is 9.97 Å². The first-order valence-corrected chi connectivity index (χ1v) is 7.98. The molecule has 0 saturated heterocycles. The molecule has 1 N–H and O–H groups in total. The van der Waals surface area contributed by atoms with Crippen molar-refractivity contribution in [2.45, 2.75) is 6.10 Å². The number of ether oxygens (including phenoxy) is 1. The average molecular weight is 334 g/mol. The number of rotatable bonds is 6. The highest BCUT2D eigenvalue weighted by atomic mass is 16.5. The molecule has 2 aromatic carbocycles. The van der Waals surface area contributed by atoms with Crippen LogP contribution in [0.5, 0.6) is 0 Å². The first kappa shape index (κ1) is 18.5. The highest BCUT2D eigenvalue weighted by Gasteiger charge is 2.13. The van der Waals surface area contributed by atoms with Crippen molar-refractivity contribution in [2.24, 2.45) is 0 Å². The Morgan fingerprint density at radius 1 is 0.960 bits per heavy atom. The Morgan fingerprint density at radius 2 is 1.60 bits per heavy atom. The molecule has 1 atom stereocenters. The van der Waals surface area contributed by atoms with E-state index < -0.39 is 6.10 Å². The smallest absolute Gasteiger partial charge is 0.115 e. The van der Waals surface area contributed by atoms with Crippen LogP contribution in [0, 0.1) is 0 Å². The van der Waals surface area contributed by atoms with Gasteiger partial charge in [-0.15, -0.1) is 13.2 Å². The van der Waals surface area contributed by atoms with Gasteiger partial charge in [-0.25, -0.2) is 9.97 Å². The fourth-order valence-corrected chi connectivity index (χ4v) is 2.35. The minimum atomic E-state index is -0.697. The molecule has 0 radical (unpaired) electrons. The third-order valence-corrected chi connectivity index (χ3v) is 3.49. The van der Waals surface area contributed by atoms with Gasteiger partial charge in [-0.1, -0.05) is 54.6 Å². The summed E-state index contributed by atoms with van der Waals surface area (Å²) in [7, 11) is 0. The van der Waals surface area contributed by atoms with Gasteiger partial charge < -0.3 is 9.84 Å². The zero-order valence-corrected chi connectivity index (χ0v) is 14.1.